The van der Waals surface area contributed by atoms with E-state index < -0.39 is 0 Å². The van der Waals surface area contributed by atoms with Crippen molar-refractivity contribution in [3.8, 4) is 5.75 Å². The number of hydrogen-bond acceptors (Lipinski definition) is 3. The minimum absolute atomic E-state index is 0.252. The monoisotopic (exact) mass is 338 g/mol. The molecule has 2 rings (SSSR count). The molecule has 23 heavy (non-hydrogen) atoms. The molecule has 1 aromatic rings. The molecule has 0 spiro atoms. The maximum atomic E-state index is 12.3. The fourth-order valence-electron chi connectivity index (χ4n) is 3.03. The molecule has 1 heterocycles. The Bertz CT molecular complexity index is 520. The van der Waals surface area contributed by atoms with Crippen LogP contribution in [0.25, 0.3) is 0 Å². The molecule has 4 nitrogen and oxygen atoms in total. The van der Waals surface area contributed by atoms with Crippen molar-refractivity contribution in [2.75, 3.05) is 33.3 Å². The number of ether oxygens (including phenoxy) is 1. The summed E-state index contributed by atoms with van der Waals surface area (Å²) in [5.41, 5.74) is 1.00. The lowest BCUT2D eigenvalue weighted by Crippen LogP contribution is -2.42. The normalized spacial score (nSPS) is 18.0. The Morgan fingerprint density at radius 2 is 2.30 bits per heavy atom. The van der Waals surface area contributed by atoms with Gasteiger partial charge in [0.25, 0.3) is 0 Å². The highest BCUT2D eigenvalue weighted by atomic mass is 35.5. The molecule has 0 aromatic heterocycles. The van der Waals surface area contributed by atoms with Gasteiger partial charge in [-0.1, -0.05) is 11.6 Å². The second-order valence-electron chi connectivity index (χ2n) is 6.27. The van der Waals surface area contributed by atoms with Gasteiger partial charge in [0.15, 0.2) is 0 Å². The third kappa shape index (κ3) is 5.70. The zero-order valence-electron chi connectivity index (χ0n) is 14.1. The summed E-state index contributed by atoms with van der Waals surface area (Å²) in [5.74, 6) is 1.65. The number of amides is 1. The van der Waals surface area contributed by atoms with Crippen LogP contribution < -0.4 is 10.1 Å². The molecule has 1 aliphatic heterocycles. The fourth-order valence-corrected chi connectivity index (χ4v) is 3.14. The van der Waals surface area contributed by atoms with Crippen LogP contribution in [0.3, 0.4) is 0 Å². The number of hydrogen-bond donors (Lipinski definition) is 1. The quantitative estimate of drug-likeness (QED) is 0.776. The van der Waals surface area contributed by atoms with Crippen LogP contribution in [-0.4, -0.2) is 44.1 Å². The van der Waals surface area contributed by atoms with Crippen molar-refractivity contribution in [3.05, 3.63) is 28.8 Å². The van der Waals surface area contributed by atoms with Crippen LogP contribution >= 0.6 is 11.6 Å². The zero-order valence-corrected chi connectivity index (χ0v) is 14.9. The predicted octanol–water partition coefficient (Wildman–Crippen LogP) is 3.27. The molecule has 0 radical (unpaired) electrons. The molecule has 0 bridgehead atoms. The fraction of sp³-hybridized carbons (Fsp3) is 0.611. The van der Waals surface area contributed by atoms with E-state index in [0.717, 1.165) is 48.8 Å². The Kier molecular flexibility index (Phi) is 7.18. The maximum Gasteiger partial charge on any atom is 0.222 e. The Hall–Kier alpha value is -1.26. The number of carbonyl (C=O) groups excluding carboxylic acids is 1. The van der Waals surface area contributed by atoms with E-state index in [2.05, 4.69) is 5.32 Å². The minimum Gasteiger partial charge on any atom is -0.494 e. The number of nitrogens with zero attached hydrogens (tertiary/aromatic N) is 1. The van der Waals surface area contributed by atoms with Crippen molar-refractivity contribution in [1.82, 2.24) is 10.2 Å². The summed E-state index contributed by atoms with van der Waals surface area (Å²) in [6.07, 6.45) is 3.62. The number of carbonyl (C=O) groups is 1. The lowest BCUT2D eigenvalue weighted by Gasteiger charge is -2.32. The van der Waals surface area contributed by atoms with Crippen molar-refractivity contribution in [2.45, 2.75) is 32.6 Å². The first-order chi connectivity index (χ1) is 11.1. The van der Waals surface area contributed by atoms with Gasteiger partial charge in [0.2, 0.25) is 5.91 Å². The molecule has 0 aliphatic carbocycles. The molecule has 0 saturated carbocycles. The summed E-state index contributed by atoms with van der Waals surface area (Å²) in [7, 11) is 1.97. The number of nitrogens with one attached hydrogen (secondary N) is 1. The van der Waals surface area contributed by atoms with Crippen molar-refractivity contribution in [3.63, 3.8) is 0 Å². The molecule has 1 saturated heterocycles. The van der Waals surface area contributed by atoms with Crippen molar-refractivity contribution in [2.24, 2.45) is 5.92 Å². The van der Waals surface area contributed by atoms with Gasteiger partial charge in [0, 0.05) is 24.5 Å². The Balaban J connectivity index is 1.69. The van der Waals surface area contributed by atoms with E-state index in [9.17, 15) is 4.79 Å². The molecule has 1 N–H and O–H groups in total. The highest BCUT2D eigenvalue weighted by molar-refractivity contribution is 6.31. The van der Waals surface area contributed by atoms with Gasteiger partial charge in [-0.15, -0.1) is 0 Å². The molecule has 1 aliphatic rings. The van der Waals surface area contributed by atoms with Crippen molar-refractivity contribution >= 4 is 17.5 Å². The highest BCUT2D eigenvalue weighted by Gasteiger charge is 2.22. The standard InChI is InChI=1S/C18H27ClN2O2/c1-14-11-16(7-8-17(14)19)23-10-4-6-18(22)21-9-3-5-15(13-21)12-20-2/h7-8,11,15,20H,3-6,9-10,12-13H2,1-2H3. The van der Waals surface area contributed by atoms with Gasteiger partial charge >= 0.3 is 0 Å². The highest BCUT2D eigenvalue weighted by Crippen LogP contribution is 2.21. The van der Waals surface area contributed by atoms with Crippen LogP contribution in [0.4, 0.5) is 0 Å². The molecule has 128 valence electrons. The Labute approximate surface area is 144 Å². The van der Waals surface area contributed by atoms with E-state index in [4.69, 9.17) is 16.3 Å². The summed E-state index contributed by atoms with van der Waals surface area (Å²) in [6.45, 7) is 5.28. The van der Waals surface area contributed by atoms with Crippen molar-refractivity contribution in [1.29, 1.82) is 0 Å². The Morgan fingerprint density at radius 1 is 1.48 bits per heavy atom. The SMILES string of the molecule is CNCC1CCCN(C(=O)CCCOc2ccc(Cl)c(C)c2)C1. The second kappa shape index (κ2) is 9.14. The zero-order chi connectivity index (χ0) is 16.7. The van der Waals surface area contributed by atoms with Crippen LogP contribution in [-0.2, 0) is 4.79 Å². The number of piperidine rings is 1. The van der Waals surface area contributed by atoms with Gasteiger partial charge in [0.05, 0.1) is 6.61 Å². The van der Waals surface area contributed by atoms with Gasteiger partial charge in [-0.2, -0.15) is 0 Å². The number of benzene rings is 1. The van der Waals surface area contributed by atoms with Crippen LogP contribution in [0.2, 0.25) is 5.02 Å². The third-order valence-corrected chi connectivity index (χ3v) is 4.72. The van der Waals surface area contributed by atoms with E-state index in [-0.39, 0.29) is 5.91 Å². The van der Waals surface area contributed by atoms with E-state index in [1.165, 1.54) is 6.42 Å². The van der Waals surface area contributed by atoms with Crippen LogP contribution in [0, 0.1) is 12.8 Å². The van der Waals surface area contributed by atoms with Crippen LogP contribution in [0.1, 0.15) is 31.2 Å². The summed E-state index contributed by atoms with van der Waals surface area (Å²) in [5, 5.41) is 3.95. The molecule has 1 amide bonds. The van der Waals surface area contributed by atoms with Gasteiger partial charge in [-0.3, -0.25) is 4.79 Å². The van der Waals surface area contributed by atoms with Crippen molar-refractivity contribution < 1.29 is 9.53 Å². The van der Waals surface area contributed by atoms with Gasteiger partial charge < -0.3 is 15.0 Å². The summed E-state index contributed by atoms with van der Waals surface area (Å²) < 4.78 is 5.70. The number of likely N-dealkylation sites (tertiary alicyclic amines) is 1. The van der Waals surface area contributed by atoms with E-state index in [1.807, 2.05) is 37.1 Å². The average molecular weight is 339 g/mol. The molecule has 5 heteroatoms. The predicted molar refractivity (Wildman–Crippen MR) is 94.1 cm³/mol. The summed E-state index contributed by atoms with van der Waals surface area (Å²) in [4.78, 5) is 14.3. The number of rotatable bonds is 7. The van der Waals surface area contributed by atoms with Crippen LogP contribution in [0.15, 0.2) is 18.2 Å². The molecule has 1 atom stereocenters. The molecule has 1 fully saturated rings. The maximum absolute atomic E-state index is 12.3. The molecule has 1 unspecified atom stereocenters. The Morgan fingerprint density at radius 3 is 3.04 bits per heavy atom. The van der Waals surface area contributed by atoms with E-state index in [0.29, 0.717) is 18.9 Å². The van der Waals surface area contributed by atoms with E-state index >= 15 is 0 Å². The van der Waals surface area contributed by atoms with Gasteiger partial charge in [-0.25, -0.2) is 0 Å². The molecular weight excluding hydrogens is 312 g/mol. The summed E-state index contributed by atoms with van der Waals surface area (Å²) >= 11 is 5.99. The van der Waals surface area contributed by atoms with Gasteiger partial charge in [-0.05, 0) is 69.5 Å². The van der Waals surface area contributed by atoms with E-state index in [1.54, 1.807) is 0 Å². The minimum atomic E-state index is 0.252. The lowest BCUT2D eigenvalue weighted by atomic mass is 9.97. The first-order valence-electron chi connectivity index (χ1n) is 8.41. The topological polar surface area (TPSA) is 41.6 Å². The first kappa shape index (κ1) is 18.1. The third-order valence-electron chi connectivity index (χ3n) is 4.30. The lowest BCUT2D eigenvalue weighted by molar-refractivity contribution is -0.133. The smallest absolute Gasteiger partial charge is 0.222 e. The summed E-state index contributed by atoms with van der Waals surface area (Å²) in [6, 6.07) is 5.63. The molecular formula is C18H27ClN2O2. The van der Waals surface area contributed by atoms with Crippen LogP contribution in [0.5, 0.6) is 5.75 Å². The number of aryl methyl sites for hydroxylation is 1. The van der Waals surface area contributed by atoms with Gasteiger partial charge in [0.1, 0.15) is 5.75 Å². The largest absolute Gasteiger partial charge is 0.494 e. The first-order valence-corrected chi connectivity index (χ1v) is 8.79. The second-order valence-corrected chi connectivity index (χ2v) is 6.68. The average Bonchev–Trinajstić information content (AvgIpc) is 2.55. The molecule has 1 aromatic carbocycles. The number of halogens is 1.